The van der Waals surface area contributed by atoms with E-state index in [0.29, 0.717) is 0 Å². The van der Waals surface area contributed by atoms with Gasteiger partial charge in [0.05, 0.1) is 0 Å². The van der Waals surface area contributed by atoms with E-state index in [4.69, 9.17) is 0 Å². The maximum Gasteiger partial charge on any atom is 0.00951 e. The van der Waals surface area contributed by atoms with Crippen LogP contribution in [0.3, 0.4) is 0 Å². The standard InChI is InChI=1S/C18H37N/c1-3-5-6-7-8-9-10-12-16-19-17-13-11-15-18(19)14-4-2/h18H,3-17H2,1-2H3. The Balaban J connectivity index is 1.97. The average Bonchev–Trinajstić information content (AvgIpc) is 2.44. The minimum Gasteiger partial charge on any atom is -0.300 e. The van der Waals surface area contributed by atoms with Crippen molar-refractivity contribution < 1.29 is 0 Å². The number of piperidine rings is 1. The quantitative estimate of drug-likeness (QED) is 0.429. The molecule has 19 heavy (non-hydrogen) atoms. The Morgan fingerprint density at radius 3 is 2.16 bits per heavy atom. The van der Waals surface area contributed by atoms with Gasteiger partial charge in [-0.25, -0.2) is 0 Å². The molecule has 0 saturated carbocycles. The van der Waals surface area contributed by atoms with Crippen molar-refractivity contribution in [1.82, 2.24) is 4.90 Å². The van der Waals surface area contributed by atoms with Crippen molar-refractivity contribution in [2.75, 3.05) is 13.1 Å². The fourth-order valence-electron chi connectivity index (χ4n) is 3.46. The lowest BCUT2D eigenvalue weighted by Crippen LogP contribution is -2.39. The fraction of sp³-hybridized carbons (Fsp3) is 1.00. The van der Waals surface area contributed by atoms with E-state index in [0.717, 1.165) is 6.04 Å². The highest BCUT2D eigenvalue weighted by Gasteiger charge is 2.20. The lowest BCUT2D eigenvalue weighted by Gasteiger charge is -2.35. The summed E-state index contributed by atoms with van der Waals surface area (Å²) in [6.45, 7) is 7.38. The molecule has 0 aromatic carbocycles. The molecule has 1 atom stereocenters. The van der Waals surface area contributed by atoms with Gasteiger partial charge in [0, 0.05) is 6.04 Å². The zero-order valence-corrected chi connectivity index (χ0v) is 13.6. The Hall–Kier alpha value is -0.0400. The second-order valence-corrected chi connectivity index (χ2v) is 6.45. The van der Waals surface area contributed by atoms with E-state index in [2.05, 4.69) is 18.7 Å². The Morgan fingerprint density at radius 2 is 1.47 bits per heavy atom. The van der Waals surface area contributed by atoms with Crippen LogP contribution in [-0.4, -0.2) is 24.0 Å². The average molecular weight is 268 g/mol. The summed E-state index contributed by atoms with van der Waals surface area (Å²) < 4.78 is 0. The molecule has 1 unspecified atom stereocenters. The predicted octanol–water partition coefficient (Wildman–Crippen LogP) is 5.78. The molecule has 0 amide bonds. The Labute approximate surface area is 122 Å². The Bertz CT molecular complexity index is 188. The molecule has 0 aromatic heterocycles. The van der Waals surface area contributed by atoms with Gasteiger partial charge in [-0.2, -0.15) is 0 Å². The van der Waals surface area contributed by atoms with Crippen LogP contribution >= 0.6 is 0 Å². The van der Waals surface area contributed by atoms with Crippen LogP contribution in [-0.2, 0) is 0 Å². The van der Waals surface area contributed by atoms with E-state index in [1.54, 1.807) is 0 Å². The zero-order chi connectivity index (χ0) is 13.8. The van der Waals surface area contributed by atoms with Crippen molar-refractivity contribution in [3.05, 3.63) is 0 Å². The number of unbranched alkanes of at least 4 members (excludes halogenated alkanes) is 7. The van der Waals surface area contributed by atoms with Crippen molar-refractivity contribution in [3.8, 4) is 0 Å². The fourth-order valence-corrected chi connectivity index (χ4v) is 3.46. The first-order valence-corrected chi connectivity index (χ1v) is 9.12. The van der Waals surface area contributed by atoms with E-state index in [9.17, 15) is 0 Å². The SMILES string of the molecule is CCCCCCCCCCN1CCCCC1CCC. The molecule has 1 aliphatic rings. The van der Waals surface area contributed by atoms with Gasteiger partial charge >= 0.3 is 0 Å². The first-order valence-electron chi connectivity index (χ1n) is 9.12. The number of nitrogens with zero attached hydrogens (tertiary/aromatic N) is 1. The maximum atomic E-state index is 2.80. The normalized spacial score (nSPS) is 20.8. The molecule has 1 rings (SSSR count). The minimum absolute atomic E-state index is 0.920. The van der Waals surface area contributed by atoms with Gasteiger partial charge in [-0.05, 0) is 38.8 Å². The van der Waals surface area contributed by atoms with Gasteiger partial charge in [0.15, 0.2) is 0 Å². The molecule has 1 fully saturated rings. The summed E-state index contributed by atoms with van der Waals surface area (Å²) in [6.07, 6.45) is 18.7. The van der Waals surface area contributed by atoms with Gasteiger partial charge in [-0.3, -0.25) is 0 Å². The highest BCUT2D eigenvalue weighted by Crippen LogP contribution is 2.21. The summed E-state index contributed by atoms with van der Waals surface area (Å²) in [7, 11) is 0. The van der Waals surface area contributed by atoms with Crippen molar-refractivity contribution in [2.24, 2.45) is 0 Å². The summed E-state index contributed by atoms with van der Waals surface area (Å²) in [5.74, 6) is 0. The van der Waals surface area contributed by atoms with Gasteiger partial charge in [0.1, 0.15) is 0 Å². The molecular weight excluding hydrogens is 230 g/mol. The molecule has 1 nitrogen and oxygen atoms in total. The summed E-state index contributed by atoms with van der Waals surface area (Å²) in [5, 5.41) is 0. The highest BCUT2D eigenvalue weighted by molar-refractivity contribution is 4.76. The second kappa shape index (κ2) is 11.8. The first kappa shape index (κ1) is 17.0. The third-order valence-electron chi connectivity index (χ3n) is 4.67. The van der Waals surface area contributed by atoms with Crippen LogP contribution in [0.15, 0.2) is 0 Å². The lowest BCUT2D eigenvalue weighted by molar-refractivity contribution is 0.136. The van der Waals surface area contributed by atoms with E-state index in [1.165, 1.54) is 96.6 Å². The van der Waals surface area contributed by atoms with E-state index in [1.807, 2.05) is 0 Å². The molecule has 1 heterocycles. The van der Waals surface area contributed by atoms with Crippen LogP contribution < -0.4 is 0 Å². The van der Waals surface area contributed by atoms with Crippen LogP contribution in [0.2, 0.25) is 0 Å². The topological polar surface area (TPSA) is 3.24 Å². The summed E-state index contributed by atoms with van der Waals surface area (Å²) in [4.78, 5) is 2.80. The molecule has 0 aliphatic carbocycles. The van der Waals surface area contributed by atoms with Gasteiger partial charge in [0.25, 0.3) is 0 Å². The molecule has 0 N–H and O–H groups in total. The molecule has 1 saturated heterocycles. The van der Waals surface area contributed by atoms with Crippen LogP contribution in [0.5, 0.6) is 0 Å². The second-order valence-electron chi connectivity index (χ2n) is 6.45. The third-order valence-corrected chi connectivity index (χ3v) is 4.67. The zero-order valence-electron chi connectivity index (χ0n) is 13.6. The Morgan fingerprint density at radius 1 is 0.789 bits per heavy atom. The molecule has 114 valence electrons. The molecular formula is C18H37N. The van der Waals surface area contributed by atoms with E-state index >= 15 is 0 Å². The summed E-state index contributed by atoms with van der Waals surface area (Å²) in [6, 6.07) is 0.920. The smallest absolute Gasteiger partial charge is 0.00951 e. The minimum atomic E-state index is 0.920. The number of hydrogen-bond acceptors (Lipinski definition) is 1. The molecule has 0 aromatic rings. The van der Waals surface area contributed by atoms with Crippen LogP contribution in [0.25, 0.3) is 0 Å². The van der Waals surface area contributed by atoms with Crippen molar-refractivity contribution in [3.63, 3.8) is 0 Å². The maximum absolute atomic E-state index is 2.80. The van der Waals surface area contributed by atoms with Gasteiger partial charge in [-0.1, -0.05) is 71.6 Å². The molecule has 1 aliphatic heterocycles. The highest BCUT2D eigenvalue weighted by atomic mass is 15.2. The van der Waals surface area contributed by atoms with Gasteiger partial charge < -0.3 is 4.90 Å². The van der Waals surface area contributed by atoms with E-state index < -0.39 is 0 Å². The van der Waals surface area contributed by atoms with E-state index in [-0.39, 0.29) is 0 Å². The lowest BCUT2D eigenvalue weighted by atomic mass is 9.97. The summed E-state index contributed by atoms with van der Waals surface area (Å²) >= 11 is 0. The van der Waals surface area contributed by atoms with Gasteiger partial charge in [0.2, 0.25) is 0 Å². The molecule has 0 radical (unpaired) electrons. The van der Waals surface area contributed by atoms with Crippen LogP contribution in [0, 0.1) is 0 Å². The largest absolute Gasteiger partial charge is 0.300 e. The third kappa shape index (κ3) is 7.97. The van der Waals surface area contributed by atoms with Crippen molar-refractivity contribution in [1.29, 1.82) is 0 Å². The van der Waals surface area contributed by atoms with Crippen LogP contribution in [0.4, 0.5) is 0 Å². The number of likely N-dealkylation sites (tertiary alicyclic amines) is 1. The number of rotatable bonds is 11. The summed E-state index contributed by atoms with van der Waals surface area (Å²) in [5.41, 5.74) is 0. The van der Waals surface area contributed by atoms with Gasteiger partial charge in [-0.15, -0.1) is 0 Å². The predicted molar refractivity (Wildman–Crippen MR) is 86.7 cm³/mol. The van der Waals surface area contributed by atoms with Crippen molar-refractivity contribution in [2.45, 2.75) is 103 Å². The first-order chi connectivity index (χ1) is 9.38. The monoisotopic (exact) mass is 267 g/mol. The Kier molecular flexibility index (Phi) is 10.5. The molecule has 0 spiro atoms. The molecule has 1 heteroatoms. The number of hydrogen-bond donors (Lipinski definition) is 0. The van der Waals surface area contributed by atoms with Crippen molar-refractivity contribution >= 4 is 0 Å². The van der Waals surface area contributed by atoms with Crippen LogP contribution in [0.1, 0.15) is 97.3 Å². The molecule has 0 bridgehead atoms.